The molecule has 2 rings (SSSR count). The summed E-state index contributed by atoms with van der Waals surface area (Å²) in [7, 11) is 0. The van der Waals surface area contributed by atoms with Crippen molar-refractivity contribution < 1.29 is 4.79 Å². The van der Waals surface area contributed by atoms with Gasteiger partial charge in [-0.1, -0.05) is 36.7 Å². The minimum atomic E-state index is -0.0111. The van der Waals surface area contributed by atoms with Crippen molar-refractivity contribution in [2.75, 3.05) is 26.2 Å². The molecular weight excluding hydrogens is 248 g/mol. The second-order valence-corrected chi connectivity index (χ2v) is 5.18. The Labute approximate surface area is 113 Å². The third-order valence-corrected chi connectivity index (χ3v) is 3.70. The fourth-order valence-electron chi connectivity index (χ4n) is 2.28. The molecule has 1 saturated heterocycles. The zero-order valence-corrected chi connectivity index (χ0v) is 11.4. The predicted octanol–water partition coefficient (Wildman–Crippen LogP) is 1.95. The fraction of sp³-hybridized carbons (Fsp3) is 0.500. The monoisotopic (exact) mass is 266 g/mol. The molecule has 1 aliphatic heterocycles. The Kier molecular flexibility index (Phi) is 4.61. The highest BCUT2D eigenvalue weighted by Gasteiger charge is 2.22. The fourth-order valence-corrected chi connectivity index (χ4v) is 2.49. The van der Waals surface area contributed by atoms with Crippen LogP contribution in [-0.4, -0.2) is 37.0 Å². The highest BCUT2D eigenvalue weighted by molar-refractivity contribution is 6.31. The molecule has 1 atom stereocenters. The number of nitrogens with one attached hydrogen (secondary N) is 1. The Morgan fingerprint density at radius 3 is 2.72 bits per heavy atom. The van der Waals surface area contributed by atoms with Crippen LogP contribution >= 0.6 is 11.6 Å². The number of benzene rings is 1. The molecule has 1 aliphatic rings. The summed E-state index contributed by atoms with van der Waals surface area (Å²) < 4.78 is 0. The van der Waals surface area contributed by atoms with Gasteiger partial charge in [0.15, 0.2) is 0 Å². The van der Waals surface area contributed by atoms with Crippen molar-refractivity contribution in [2.24, 2.45) is 5.92 Å². The number of carbonyl (C=O) groups is 1. The van der Waals surface area contributed by atoms with Crippen LogP contribution in [0.15, 0.2) is 24.3 Å². The number of carbonyl (C=O) groups excluding carboxylic acids is 1. The Bertz CT molecular complexity index is 416. The van der Waals surface area contributed by atoms with Gasteiger partial charge < -0.3 is 10.2 Å². The number of hydrogen-bond donors (Lipinski definition) is 1. The maximum absolute atomic E-state index is 12.3. The molecule has 0 radical (unpaired) electrons. The average Bonchev–Trinajstić information content (AvgIpc) is 2.41. The van der Waals surface area contributed by atoms with Crippen molar-refractivity contribution in [3.63, 3.8) is 0 Å². The first kappa shape index (κ1) is 13.4. The summed E-state index contributed by atoms with van der Waals surface area (Å²) in [5.41, 5.74) is 1.05. The number of nitrogens with zero attached hydrogens (tertiary/aromatic N) is 1. The van der Waals surface area contributed by atoms with Crippen molar-refractivity contribution in [1.82, 2.24) is 10.2 Å². The van der Waals surface area contributed by atoms with Gasteiger partial charge in [0, 0.05) is 37.1 Å². The smallest absolute Gasteiger partial charge is 0.225 e. The minimum Gasteiger partial charge on any atom is -0.340 e. The van der Waals surface area contributed by atoms with Gasteiger partial charge in [0.25, 0.3) is 0 Å². The molecule has 0 aliphatic carbocycles. The lowest BCUT2D eigenvalue weighted by Gasteiger charge is -2.30. The molecular formula is C14H19ClN2O. The molecule has 1 heterocycles. The van der Waals surface area contributed by atoms with Crippen molar-refractivity contribution in [1.29, 1.82) is 0 Å². The summed E-state index contributed by atoms with van der Waals surface area (Å²) in [6, 6.07) is 7.74. The first-order chi connectivity index (χ1) is 8.68. The van der Waals surface area contributed by atoms with Gasteiger partial charge >= 0.3 is 0 Å². The topological polar surface area (TPSA) is 32.3 Å². The van der Waals surface area contributed by atoms with E-state index in [0.29, 0.717) is 6.42 Å². The van der Waals surface area contributed by atoms with E-state index in [9.17, 15) is 4.79 Å². The zero-order chi connectivity index (χ0) is 13.0. The number of rotatable bonds is 3. The molecule has 1 amide bonds. The standard InChI is InChI=1S/C14H19ClN2O/c1-11(10-12-4-2-3-5-13(12)15)14(18)17-8-6-16-7-9-17/h2-5,11,16H,6-10H2,1H3. The first-order valence-corrected chi connectivity index (χ1v) is 6.79. The molecule has 18 heavy (non-hydrogen) atoms. The van der Waals surface area contributed by atoms with Crippen LogP contribution in [0.3, 0.4) is 0 Å². The summed E-state index contributed by atoms with van der Waals surface area (Å²) in [6.07, 6.45) is 0.711. The molecule has 1 unspecified atom stereocenters. The number of halogens is 1. The van der Waals surface area contributed by atoms with Crippen molar-refractivity contribution in [3.8, 4) is 0 Å². The van der Waals surface area contributed by atoms with Crippen LogP contribution < -0.4 is 5.32 Å². The van der Waals surface area contributed by atoms with Gasteiger partial charge in [-0.2, -0.15) is 0 Å². The molecule has 0 bridgehead atoms. The van der Waals surface area contributed by atoms with Crippen molar-refractivity contribution >= 4 is 17.5 Å². The number of piperazine rings is 1. The van der Waals surface area contributed by atoms with E-state index in [-0.39, 0.29) is 11.8 Å². The molecule has 1 aromatic carbocycles. The van der Waals surface area contributed by atoms with Gasteiger partial charge in [-0.3, -0.25) is 4.79 Å². The largest absolute Gasteiger partial charge is 0.340 e. The lowest BCUT2D eigenvalue weighted by atomic mass is 9.99. The van der Waals surface area contributed by atoms with Gasteiger partial charge in [-0.25, -0.2) is 0 Å². The molecule has 1 N–H and O–H groups in total. The van der Waals surface area contributed by atoms with Gasteiger partial charge in [-0.15, -0.1) is 0 Å². The quantitative estimate of drug-likeness (QED) is 0.907. The Morgan fingerprint density at radius 2 is 2.06 bits per heavy atom. The molecule has 1 aromatic rings. The van der Waals surface area contributed by atoms with Crippen molar-refractivity contribution in [3.05, 3.63) is 34.9 Å². The maximum atomic E-state index is 12.3. The third-order valence-electron chi connectivity index (χ3n) is 3.33. The summed E-state index contributed by atoms with van der Waals surface area (Å²) in [6.45, 7) is 5.39. The third kappa shape index (κ3) is 3.24. The van der Waals surface area contributed by atoms with Crippen LogP contribution in [0, 0.1) is 5.92 Å². The van der Waals surface area contributed by atoms with Crippen LogP contribution in [-0.2, 0) is 11.2 Å². The Hall–Kier alpha value is -1.06. The van der Waals surface area contributed by atoms with E-state index in [1.807, 2.05) is 36.1 Å². The second-order valence-electron chi connectivity index (χ2n) is 4.77. The van der Waals surface area contributed by atoms with Crippen LogP contribution in [0.5, 0.6) is 0 Å². The normalized spacial score (nSPS) is 17.6. The summed E-state index contributed by atoms with van der Waals surface area (Å²) in [5, 5.41) is 4.00. The van der Waals surface area contributed by atoms with Crippen LogP contribution in [0.4, 0.5) is 0 Å². The van der Waals surface area contributed by atoms with E-state index in [2.05, 4.69) is 5.32 Å². The lowest BCUT2D eigenvalue weighted by Crippen LogP contribution is -2.48. The Balaban J connectivity index is 1.96. The lowest BCUT2D eigenvalue weighted by molar-refractivity contribution is -0.135. The predicted molar refractivity (Wildman–Crippen MR) is 73.8 cm³/mol. The molecule has 0 saturated carbocycles. The molecule has 1 fully saturated rings. The highest BCUT2D eigenvalue weighted by Crippen LogP contribution is 2.19. The summed E-state index contributed by atoms with van der Waals surface area (Å²) in [4.78, 5) is 14.2. The average molecular weight is 267 g/mol. The molecule has 0 spiro atoms. The zero-order valence-electron chi connectivity index (χ0n) is 10.7. The Morgan fingerprint density at radius 1 is 1.39 bits per heavy atom. The van der Waals surface area contributed by atoms with Gasteiger partial charge in [0.05, 0.1) is 0 Å². The number of hydrogen-bond acceptors (Lipinski definition) is 2. The van der Waals surface area contributed by atoms with Gasteiger partial charge in [0.1, 0.15) is 0 Å². The van der Waals surface area contributed by atoms with E-state index in [1.165, 1.54) is 0 Å². The van der Waals surface area contributed by atoms with Crippen LogP contribution in [0.2, 0.25) is 5.02 Å². The molecule has 4 heteroatoms. The summed E-state index contributed by atoms with van der Waals surface area (Å²) >= 11 is 6.12. The van der Waals surface area contributed by atoms with Crippen LogP contribution in [0.25, 0.3) is 0 Å². The number of amides is 1. The second kappa shape index (κ2) is 6.21. The SMILES string of the molecule is CC(Cc1ccccc1Cl)C(=O)N1CCNCC1. The van der Waals surface area contributed by atoms with E-state index < -0.39 is 0 Å². The molecule has 98 valence electrons. The van der Waals surface area contributed by atoms with E-state index in [1.54, 1.807) is 0 Å². The minimum absolute atomic E-state index is 0.0111. The highest BCUT2D eigenvalue weighted by atomic mass is 35.5. The maximum Gasteiger partial charge on any atom is 0.225 e. The van der Waals surface area contributed by atoms with E-state index >= 15 is 0 Å². The van der Waals surface area contributed by atoms with Gasteiger partial charge in [-0.05, 0) is 18.1 Å². The summed E-state index contributed by atoms with van der Waals surface area (Å²) in [5.74, 6) is 0.222. The van der Waals surface area contributed by atoms with E-state index in [4.69, 9.17) is 11.6 Å². The van der Waals surface area contributed by atoms with E-state index in [0.717, 1.165) is 36.8 Å². The molecule has 0 aromatic heterocycles. The molecule has 3 nitrogen and oxygen atoms in total. The van der Waals surface area contributed by atoms with Gasteiger partial charge in [0.2, 0.25) is 5.91 Å². The van der Waals surface area contributed by atoms with Crippen LogP contribution in [0.1, 0.15) is 12.5 Å². The van der Waals surface area contributed by atoms with Crippen molar-refractivity contribution in [2.45, 2.75) is 13.3 Å². The first-order valence-electron chi connectivity index (χ1n) is 6.41.